The van der Waals surface area contributed by atoms with E-state index in [2.05, 4.69) is 15.5 Å². The fourth-order valence-corrected chi connectivity index (χ4v) is 2.64. The number of imide groups is 1. The smallest absolute Gasteiger partial charge is 0.322 e. The second kappa shape index (κ2) is 6.47. The van der Waals surface area contributed by atoms with Gasteiger partial charge in [-0.3, -0.25) is 24.6 Å². The number of carbonyl (C=O) groups excluding carboxylic acids is 3. The largest absolute Gasteiger partial charge is 0.485 e. The number of benzene rings is 1. The van der Waals surface area contributed by atoms with Crippen molar-refractivity contribution in [3.8, 4) is 11.5 Å². The Kier molecular flexibility index (Phi) is 3.99. The minimum Gasteiger partial charge on any atom is -0.485 e. The zero-order valence-electron chi connectivity index (χ0n) is 13.5. The van der Waals surface area contributed by atoms with Crippen LogP contribution in [0.15, 0.2) is 28.7 Å². The van der Waals surface area contributed by atoms with Crippen molar-refractivity contribution >= 4 is 23.7 Å². The van der Waals surface area contributed by atoms with Crippen molar-refractivity contribution in [2.75, 3.05) is 11.9 Å². The standard InChI is InChI=1S/C16H14N4O6/c21-13-5-6-14(22)20(13)7-12-18-19-16(26-12)17-15(23)11-8-24-9-3-1-2-4-10(9)25-11/h1-4,11H,5-8H2,(H,17,19,23). The van der Waals surface area contributed by atoms with E-state index in [1.165, 1.54) is 0 Å². The Balaban J connectivity index is 1.38. The highest BCUT2D eigenvalue weighted by Crippen LogP contribution is 2.31. The van der Waals surface area contributed by atoms with Crippen molar-refractivity contribution in [3.05, 3.63) is 30.2 Å². The summed E-state index contributed by atoms with van der Waals surface area (Å²) in [5.41, 5.74) is 0. The fourth-order valence-electron chi connectivity index (χ4n) is 2.64. The molecule has 1 N–H and O–H groups in total. The van der Waals surface area contributed by atoms with E-state index in [4.69, 9.17) is 13.9 Å². The minimum absolute atomic E-state index is 0.0423. The average molecular weight is 358 g/mol. The second-order valence-electron chi connectivity index (χ2n) is 5.73. The summed E-state index contributed by atoms with van der Waals surface area (Å²) in [4.78, 5) is 36.5. The van der Waals surface area contributed by atoms with Crippen LogP contribution in [0.3, 0.4) is 0 Å². The zero-order valence-corrected chi connectivity index (χ0v) is 13.5. The molecule has 0 radical (unpaired) electrons. The maximum Gasteiger partial charge on any atom is 0.322 e. The molecule has 10 nitrogen and oxygen atoms in total. The van der Waals surface area contributed by atoms with Crippen LogP contribution in [0, 0.1) is 0 Å². The molecule has 1 fully saturated rings. The monoisotopic (exact) mass is 358 g/mol. The third kappa shape index (κ3) is 3.08. The molecule has 1 aromatic carbocycles. The van der Waals surface area contributed by atoms with Gasteiger partial charge in [0.2, 0.25) is 23.8 Å². The number of nitrogens with one attached hydrogen (secondary N) is 1. The molecule has 2 aromatic rings. The van der Waals surface area contributed by atoms with Crippen molar-refractivity contribution in [2.24, 2.45) is 0 Å². The number of hydrogen-bond donors (Lipinski definition) is 1. The van der Waals surface area contributed by atoms with Gasteiger partial charge in [0.25, 0.3) is 5.91 Å². The Morgan fingerprint density at radius 1 is 1.15 bits per heavy atom. The summed E-state index contributed by atoms with van der Waals surface area (Å²) in [5, 5.41) is 9.86. The van der Waals surface area contributed by atoms with Crippen LogP contribution >= 0.6 is 0 Å². The van der Waals surface area contributed by atoms with Crippen molar-refractivity contribution in [2.45, 2.75) is 25.5 Å². The topological polar surface area (TPSA) is 124 Å². The van der Waals surface area contributed by atoms with Crippen LogP contribution < -0.4 is 14.8 Å². The number of fused-ring (bicyclic) bond motifs is 1. The summed E-state index contributed by atoms with van der Waals surface area (Å²) in [7, 11) is 0. The Morgan fingerprint density at radius 2 is 1.88 bits per heavy atom. The number of nitrogens with zero attached hydrogens (tertiary/aromatic N) is 3. The first-order chi connectivity index (χ1) is 12.6. The van der Waals surface area contributed by atoms with Gasteiger partial charge >= 0.3 is 6.01 Å². The first kappa shape index (κ1) is 16.1. The van der Waals surface area contributed by atoms with E-state index in [9.17, 15) is 14.4 Å². The molecule has 1 atom stereocenters. The van der Waals surface area contributed by atoms with Crippen LogP contribution in [0.2, 0.25) is 0 Å². The number of para-hydroxylation sites is 2. The number of ether oxygens (including phenoxy) is 2. The highest BCUT2D eigenvalue weighted by molar-refractivity contribution is 6.01. The second-order valence-corrected chi connectivity index (χ2v) is 5.73. The van der Waals surface area contributed by atoms with Gasteiger partial charge in [0.15, 0.2) is 11.5 Å². The molecule has 1 unspecified atom stereocenters. The summed E-state index contributed by atoms with van der Waals surface area (Å²) < 4.78 is 16.3. The van der Waals surface area contributed by atoms with Crippen LogP contribution in [0.25, 0.3) is 0 Å². The highest BCUT2D eigenvalue weighted by atomic mass is 16.6. The van der Waals surface area contributed by atoms with Gasteiger partial charge in [-0.25, -0.2) is 0 Å². The predicted molar refractivity (Wildman–Crippen MR) is 84.1 cm³/mol. The molecule has 4 rings (SSSR count). The Bertz CT molecular complexity index is 863. The lowest BCUT2D eigenvalue weighted by atomic mass is 10.2. The van der Waals surface area contributed by atoms with Gasteiger partial charge in [0.05, 0.1) is 0 Å². The zero-order chi connectivity index (χ0) is 18.1. The molecule has 3 heterocycles. The number of amides is 3. The number of rotatable bonds is 4. The number of likely N-dealkylation sites (tertiary alicyclic amines) is 1. The Hall–Kier alpha value is -3.43. The van der Waals surface area contributed by atoms with E-state index in [0.717, 1.165) is 4.90 Å². The van der Waals surface area contributed by atoms with E-state index in [1.807, 2.05) is 0 Å². The van der Waals surface area contributed by atoms with Crippen molar-refractivity contribution in [1.82, 2.24) is 15.1 Å². The van der Waals surface area contributed by atoms with Gasteiger partial charge in [-0.05, 0) is 12.1 Å². The molecule has 2 aliphatic heterocycles. The van der Waals surface area contributed by atoms with E-state index < -0.39 is 12.0 Å². The molecule has 3 amide bonds. The van der Waals surface area contributed by atoms with Gasteiger partial charge in [-0.1, -0.05) is 17.2 Å². The van der Waals surface area contributed by atoms with Gasteiger partial charge in [0, 0.05) is 12.8 Å². The lowest BCUT2D eigenvalue weighted by Crippen LogP contribution is -2.40. The summed E-state index contributed by atoms with van der Waals surface area (Å²) in [6.45, 7) is -0.0719. The number of anilines is 1. The van der Waals surface area contributed by atoms with E-state index >= 15 is 0 Å². The fraction of sp³-hybridized carbons (Fsp3) is 0.312. The first-order valence-electron chi connectivity index (χ1n) is 7.95. The maximum atomic E-state index is 12.3. The molecule has 134 valence electrons. The van der Waals surface area contributed by atoms with Gasteiger partial charge < -0.3 is 13.9 Å². The molecule has 10 heteroatoms. The SMILES string of the molecule is O=C(Nc1nnc(CN2C(=O)CCC2=O)o1)C1COc2ccccc2O1. The molecule has 1 saturated heterocycles. The molecule has 1 aromatic heterocycles. The third-order valence-corrected chi connectivity index (χ3v) is 3.95. The highest BCUT2D eigenvalue weighted by Gasteiger charge is 2.31. The van der Waals surface area contributed by atoms with Crippen molar-refractivity contribution < 1.29 is 28.3 Å². The number of hydrogen-bond acceptors (Lipinski definition) is 8. The quantitative estimate of drug-likeness (QED) is 0.784. The molecule has 0 bridgehead atoms. The van der Waals surface area contributed by atoms with Crippen LogP contribution in [-0.4, -0.2) is 45.5 Å². The van der Waals surface area contributed by atoms with E-state index in [1.54, 1.807) is 24.3 Å². The summed E-state index contributed by atoms with van der Waals surface area (Å²) in [5.74, 6) is 0.00115. The minimum atomic E-state index is -0.873. The molecular weight excluding hydrogens is 344 g/mol. The van der Waals surface area contributed by atoms with Crippen LogP contribution in [0.5, 0.6) is 11.5 Å². The molecule has 2 aliphatic rings. The molecule has 26 heavy (non-hydrogen) atoms. The number of carbonyl (C=O) groups is 3. The Labute approximate surface area is 147 Å². The molecule has 0 spiro atoms. The van der Waals surface area contributed by atoms with Crippen molar-refractivity contribution in [3.63, 3.8) is 0 Å². The normalized spacial score (nSPS) is 18.9. The van der Waals surface area contributed by atoms with Crippen LogP contribution in [0.1, 0.15) is 18.7 Å². The van der Waals surface area contributed by atoms with Gasteiger partial charge in [-0.2, -0.15) is 0 Å². The number of aromatic nitrogens is 2. The first-order valence-corrected chi connectivity index (χ1v) is 7.95. The molecule has 0 aliphatic carbocycles. The summed E-state index contributed by atoms with van der Waals surface area (Å²) in [6.07, 6.45) is -0.518. The summed E-state index contributed by atoms with van der Waals surface area (Å²) in [6, 6.07) is 6.87. The Morgan fingerprint density at radius 3 is 2.65 bits per heavy atom. The summed E-state index contributed by atoms with van der Waals surface area (Å²) >= 11 is 0. The van der Waals surface area contributed by atoms with Crippen LogP contribution in [-0.2, 0) is 20.9 Å². The van der Waals surface area contributed by atoms with Crippen molar-refractivity contribution in [1.29, 1.82) is 0 Å². The van der Waals surface area contributed by atoms with Gasteiger partial charge in [-0.15, -0.1) is 5.10 Å². The van der Waals surface area contributed by atoms with E-state index in [0.29, 0.717) is 11.5 Å². The predicted octanol–water partition coefficient (Wildman–Crippen LogP) is 0.497. The molecule has 0 saturated carbocycles. The lowest BCUT2D eigenvalue weighted by molar-refractivity contribution is -0.139. The third-order valence-electron chi connectivity index (χ3n) is 3.95. The maximum absolute atomic E-state index is 12.3. The van der Waals surface area contributed by atoms with E-state index in [-0.39, 0.29) is 49.7 Å². The van der Waals surface area contributed by atoms with Gasteiger partial charge in [0.1, 0.15) is 13.2 Å². The van der Waals surface area contributed by atoms with Crippen LogP contribution in [0.4, 0.5) is 6.01 Å². The lowest BCUT2D eigenvalue weighted by Gasteiger charge is -2.24. The molecular formula is C16H14N4O6. The average Bonchev–Trinajstić information content (AvgIpc) is 3.22.